The van der Waals surface area contributed by atoms with Crippen LogP contribution in [0.25, 0.3) is 0 Å². The molecule has 1 N–H and O–H groups in total. The highest BCUT2D eigenvalue weighted by atomic mass is 16.2. The van der Waals surface area contributed by atoms with Crippen molar-refractivity contribution >= 4 is 17.5 Å². The van der Waals surface area contributed by atoms with Crippen LogP contribution in [0.5, 0.6) is 0 Å². The summed E-state index contributed by atoms with van der Waals surface area (Å²) in [6.45, 7) is 7.43. The maximum absolute atomic E-state index is 12.9. The van der Waals surface area contributed by atoms with Crippen molar-refractivity contribution in [2.24, 2.45) is 11.8 Å². The molecule has 142 valence electrons. The number of benzene rings is 1. The van der Waals surface area contributed by atoms with Gasteiger partial charge in [0.25, 0.3) is 0 Å². The zero-order valence-corrected chi connectivity index (χ0v) is 16.2. The number of anilines is 1. The van der Waals surface area contributed by atoms with Gasteiger partial charge >= 0.3 is 0 Å². The Morgan fingerprint density at radius 3 is 2.58 bits per heavy atom. The summed E-state index contributed by atoms with van der Waals surface area (Å²) in [5.74, 6) is 0.444. The first-order valence-corrected chi connectivity index (χ1v) is 9.86. The standard InChI is InChI=1S/C21H31N3O2/c1-15(2)17-6-8-18(9-7-17)24-12-10-19(21(24)26)20(25)23-11-4-5-16(14-23)13-22-3/h6-9,15-16,19,22H,4-5,10-14H2,1-3H3. The number of piperidine rings is 1. The summed E-state index contributed by atoms with van der Waals surface area (Å²) in [7, 11) is 1.95. The molecule has 26 heavy (non-hydrogen) atoms. The van der Waals surface area contributed by atoms with Crippen molar-refractivity contribution in [3.8, 4) is 0 Å². The molecule has 2 aliphatic rings. The highest BCUT2D eigenvalue weighted by Gasteiger charge is 2.40. The maximum atomic E-state index is 12.9. The summed E-state index contributed by atoms with van der Waals surface area (Å²) in [5, 5.41) is 3.20. The van der Waals surface area contributed by atoms with Crippen molar-refractivity contribution < 1.29 is 9.59 Å². The van der Waals surface area contributed by atoms with Gasteiger partial charge in [-0.2, -0.15) is 0 Å². The monoisotopic (exact) mass is 357 g/mol. The Balaban J connectivity index is 1.65. The summed E-state index contributed by atoms with van der Waals surface area (Å²) >= 11 is 0. The lowest BCUT2D eigenvalue weighted by atomic mass is 9.96. The third-order valence-electron chi connectivity index (χ3n) is 5.70. The van der Waals surface area contributed by atoms with Crippen LogP contribution in [0, 0.1) is 11.8 Å². The van der Waals surface area contributed by atoms with E-state index in [2.05, 4.69) is 31.3 Å². The minimum atomic E-state index is -0.506. The zero-order valence-electron chi connectivity index (χ0n) is 16.2. The van der Waals surface area contributed by atoms with Gasteiger partial charge in [-0.15, -0.1) is 0 Å². The molecular formula is C21H31N3O2. The van der Waals surface area contributed by atoms with Crippen molar-refractivity contribution in [3.05, 3.63) is 29.8 Å². The van der Waals surface area contributed by atoms with Gasteiger partial charge in [0.1, 0.15) is 5.92 Å². The van der Waals surface area contributed by atoms with Gasteiger partial charge in [-0.05, 0) is 62.4 Å². The lowest BCUT2D eigenvalue weighted by Gasteiger charge is -2.34. The predicted octanol–water partition coefficient (Wildman–Crippen LogP) is 2.62. The topological polar surface area (TPSA) is 52.7 Å². The van der Waals surface area contributed by atoms with E-state index in [9.17, 15) is 9.59 Å². The van der Waals surface area contributed by atoms with Crippen molar-refractivity contribution in [1.29, 1.82) is 0 Å². The third-order valence-corrected chi connectivity index (χ3v) is 5.70. The molecule has 2 saturated heterocycles. The van der Waals surface area contributed by atoms with Crippen LogP contribution in [0.2, 0.25) is 0 Å². The second-order valence-electron chi connectivity index (χ2n) is 7.93. The fraction of sp³-hybridized carbons (Fsp3) is 0.619. The molecule has 2 fully saturated rings. The first-order valence-electron chi connectivity index (χ1n) is 9.86. The minimum absolute atomic E-state index is 0.0251. The Labute approximate surface area is 156 Å². The number of rotatable bonds is 5. The average Bonchev–Trinajstić information content (AvgIpc) is 3.03. The number of hydrogen-bond donors (Lipinski definition) is 1. The van der Waals surface area contributed by atoms with E-state index in [1.807, 2.05) is 24.1 Å². The van der Waals surface area contributed by atoms with Crippen molar-refractivity contribution in [1.82, 2.24) is 10.2 Å². The Morgan fingerprint density at radius 2 is 1.92 bits per heavy atom. The summed E-state index contributed by atoms with van der Waals surface area (Å²) in [6, 6.07) is 8.17. The molecule has 1 aromatic carbocycles. The van der Waals surface area contributed by atoms with Crippen LogP contribution >= 0.6 is 0 Å². The highest BCUT2D eigenvalue weighted by Crippen LogP contribution is 2.29. The second kappa shape index (κ2) is 8.21. The average molecular weight is 357 g/mol. The van der Waals surface area contributed by atoms with Crippen LogP contribution in [0.15, 0.2) is 24.3 Å². The number of likely N-dealkylation sites (tertiary alicyclic amines) is 1. The zero-order chi connectivity index (χ0) is 18.7. The molecular weight excluding hydrogens is 326 g/mol. The van der Waals surface area contributed by atoms with E-state index in [1.165, 1.54) is 5.56 Å². The fourth-order valence-corrected chi connectivity index (χ4v) is 4.15. The van der Waals surface area contributed by atoms with E-state index >= 15 is 0 Å². The van der Waals surface area contributed by atoms with Gasteiger partial charge < -0.3 is 15.1 Å². The second-order valence-corrected chi connectivity index (χ2v) is 7.93. The van der Waals surface area contributed by atoms with Crippen molar-refractivity contribution in [2.45, 2.75) is 39.0 Å². The molecule has 0 spiro atoms. The van der Waals surface area contributed by atoms with Crippen LogP contribution in [0.3, 0.4) is 0 Å². The van der Waals surface area contributed by atoms with Crippen LogP contribution in [0.4, 0.5) is 5.69 Å². The molecule has 3 rings (SSSR count). The molecule has 0 aliphatic carbocycles. The lowest BCUT2D eigenvalue weighted by molar-refractivity contribution is -0.141. The summed E-state index contributed by atoms with van der Waals surface area (Å²) in [4.78, 5) is 29.5. The number of nitrogens with zero attached hydrogens (tertiary/aromatic N) is 2. The Bertz CT molecular complexity index is 639. The van der Waals surface area contributed by atoms with Gasteiger partial charge in [0.05, 0.1) is 0 Å². The number of hydrogen-bond acceptors (Lipinski definition) is 3. The molecule has 2 heterocycles. The highest BCUT2D eigenvalue weighted by molar-refractivity contribution is 6.09. The van der Waals surface area contributed by atoms with Gasteiger partial charge in [-0.25, -0.2) is 0 Å². The van der Waals surface area contributed by atoms with E-state index in [4.69, 9.17) is 0 Å². The van der Waals surface area contributed by atoms with Crippen molar-refractivity contribution in [2.75, 3.05) is 38.1 Å². The predicted molar refractivity (Wildman–Crippen MR) is 104 cm³/mol. The fourth-order valence-electron chi connectivity index (χ4n) is 4.15. The van der Waals surface area contributed by atoms with Crippen LogP contribution in [-0.4, -0.2) is 49.9 Å². The Hall–Kier alpha value is -1.88. The molecule has 5 nitrogen and oxygen atoms in total. The van der Waals surface area contributed by atoms with Gasteiger partial charge in [0.15, 0.2) is 0 Å². The van der Waals surface area contributed by atoms with Crippen LogP contribution < -0.4 is 10.2 Å². The maximum Gasteiger partial charge on any atom is 0.239 e. The van der Waals surface area contributed by atoms with Gasteiger partial charge in [0.2, 0.25) is 11.8 Å². The molecule has 1 aromatic rings. The Kier molecular flexibility index (Phi) is 5.97. The molecule has 2 unspecified atom stereocenters. The smallest absolute Gasteiger partial charge is 0.239 e. The van der Waals surface area contributed by atoms with Crippen LogP contribution in [-0.2, 0) is 9.59 Å². The largest absolute Gasteiger partial charge is 0.342 e. The van der Waals surface area contributed by atoms with Crippen molar-refractivity contribution in [3.63, 3.8) is 0 Å². The van der Waals surface area contributed by atoms with Gasteiger partial charge in [-0.3, -0.25) is 9.59 Å². The summed E-state index contributed by atoms with van der Waals surface area (Å²) in [5.41, 5.74) is 2.17. The lowest BCUT2D eigenvalue weighted by Crippen LogP contribution is -2.46. The quantitative estimate of drug-likeness (QED) is 0.824. The first-order chi connectivity index (χ1) is 12.5. The molecule has 0 bridgehead atoms. The van der Waals surface area contributed by atoms with E-state index in [0.29, 0.717) is 24.8 Å². The number of carbonyl (C=O) groups excluding carboxylic acids is 2. The SMILES string of the molecule is CNCC1CCCN(C(=O)C2CCN(c3ccc(C(C)C)cc3)C2=O)C1. The summed E-state index contributed by atoms with van der Waals surface area (Å²) < 4.78 is 0. The minimum Gasteiger partial charge on any atom is -0.342 e. The normalized spacial score (nSPS) is 23.8. The number of amides is 2. The molecule has 2 amide bonds. The summed E-state index contributed by atoms with van der Waals surface area (Å²) in [6.07, 6.45) is 2.80. The first kappa shape index (κ1) is 18.9. The molecule has 2 atom stereocenters. The number of nitrogens with one attached hydrogen (secondary N) is 1. The molecule has 0 radical (unpaired) electrons. The van der Waals surface area contributed by atoms with Gasteiger partial charge in [0, 0.05) is 25.3 Å². The van der Waals surface area contributed by atoms with E-state index in [-0.39, 0.29) is 11.8 Å². The third kappa shape index (κ3) is 3.93. The van der Waals surface area contributed by atoms with E-state index < -0.39 is 5.92 Å². The molecule has 0 aromatic heterocycles. The molecule has 0 saturated carbocycles. The molecule has 2 aliphatic heterocycles. The van der Waals surface area contributed by atoms with E-state index in [0.717, 1.165) is 38.2 Å². The van der Waals surface area contributed by atoms with Crippen LogP contribution in [0.1, 0.15) is 44.6 Å². The molecule has 5 heteroatoms. The Morgan fingerprint density at radius 1 is 1.19 bits per heavy atom. The number of carbonyl (C=O) groups is 2. The van der Waals surface area contributed by atoms with Gasteiger partial charge in [-0.1, -0.05) is 26.0 Å². The van der Waals surface area contributed by atoms with E-state index in [1.54, 1.807) is 4.90 Å².